The molecule has 104 valence electrons. The zero-order valence-corrected chi connectivity index (χ0v) is 12.2. The molecule has 0 atom stereocenters. The van der Waals surface area contributed by atoms with E-state index in [1.807, 2.05) is 19.2 Å². The van der Waals surface area contributed by atoms with E-state index >= 15 is 0 Å². The van der Waals surface area contributed by atoms with Crippen molar-refractivity contribution in [2.45, 2.75) is 38.1 Å². The second kappa shape index (κ2) is 7.39. The average molecular weight is 280 g/mol. The van der Waals surface area contributed by atoms with Crippen LogP contribution in [0.2, 0.25) is 5.02 Å². The summed E-state index contributed by atoms with van der Waals surface area (Å²) in [5.74, 6) is 0.917. The van der Waals surface area contributed by atoms with Gasteiger partial charge in [-0.05, 0) is 37.0 Å². The molecule has 0 saturated heterocycles. The monoisotopic (exact) mass is 279 g/mol. The number of hydrogen-bond donors (Lipinski definition) is 2. The van der Waals surface area contributed by atoms with Crippen LogP contribution in [0.4, 0.5) is 0 Å². The van der Waals surface area contributed by atoms with E-state index in [4.69, 9.17) is 11.6 Å². The highest BCUT2D eigenvalue weighted by Crippen LogP contribution is 2.17. The topological polar surface area (TPSA) is 36.4 Å². The molecule has 4 heteroatoms. The molecule has 0 unspecified atom stereocenters. The maximum Gasteiger partial charge on any atom is 0.191 e. The minimum atomic E-state index is 0.599. The van der Waals surface area contributed by atoms with E-state index in [2.05, 4.69) is 27.8 Å². The third-order valence-corrected chi connectivity index (χ3v) is 3.79. The number of guanidine groups is 1. The summed E-state index contributed by atoms with van der Waals surface area (Å²) in [6.07, 6.45) is 6.16. The van der Waals surface area contributed by atoms with Crippen LogP contribution in [0.1, 0.15) is 31.2 Å². The summed E-state index contributed by atoms with van der Waals surface area (Å²) in [7, 11) is 1.83. The fourth-order valence-corrected chi connectivity index (χ4v) is 2.56. The molecule has 1 aromatic carbocycles. The minimum Gasteiger partial charge on any atom is -0.356 e. The van der Waals surface area contributed by atoms with Crippen LogP contribution in [0.3, 0.4) is 0 Å². The molecule has 1 aliphatic rings. The predicted octanol–water partition coefficient (Wildman–Crippen LogP) is 2.99. The summed E-state index contributed by atoms with van der Waals surface area (Å²) < 4.78 is 0. The van der Waals surface area contributed by atoms with Gasteiger partial charge in [-0.15, -0.1) is 0 Å². The third kappa shape index (κ3) is 4.75. The Kier molecular flexibility index (Phi) is 5.52. The summed E-state index contributed by atoms with van der Waals surface area (Å²) in [6.45, 7) is 0.883. The van der Waals surface area contributed by atoms with Gasteiger partial charge in [0.1, 0.15) is 0 Å². The van der Waals surface area contributed by atoms with Crippen LogP contribution in [-0.2, 0) is 6.42 Å². The number of nitrogens with zero attached hydrogens (tertiary/aromatic N) is 1. The molecule has 1 aromatic rings. The van der Waals surface area contributed by atoms with Gasteiger partial charge < -0.3 is 10.6 Å². The normalized spacial score (nSPS) is 16.6. The fraction of sp³-hybridized carbons (Fsp3) is 0.533. The highest BCUT2D eigenvalue weighted by molar-refractivity contribution is 6.30. The van der Waals surface area contributed by atoms with E-state index in [0.717, 1.165) is 23.9 Å². The average Bonchev–Trinajstić information content (AvgIpc) is 2.93. The molecule has 2 rings (SSSR count). The Morgan fingerprint density at radius 1 is 1.26 bits per heavy atom. The van der Waals surface area contributed by atoms with Crippen molar-refractivity contribution in [2.24, 2.45) is 4.99 Å². The van der Waals surface area contributed by atoms with Crippen molar-refractivity contribution in [3.63, 3.8) is 0 Å². The molecule has 0 amide bonds. The van der Waals surface area contributed by atoms with Gasteiger partial charge >= 0.3 is 0 Å². The van der Waals surface area contributed by atoms with Crippen molar-refractivity contribution >= 4 is 17.6 Å². The van der Waals surface area contributed by atoms with Gasteiger partial charge in [0.15, 0.2) is 5.96 Å². The molecule has 0 aromatic heterocycles. The Bertz CT molecular complexity index is 408. The van der Waals surface area contributed by atoms with Gasteiger partial charge in [0.05, 0.1) is 0 Å². The lowest BCUT2D eigenvalue weighted by molar-refractivity contribution is 0.613. The Balaban J connectivity index is 1.72. The first-order valence-corrected chi connectivity index (χ1v) is 7.37. The molecule has 1 aliphatic carbocycles. The lowest BCUT2D eigenvalue weighted by Crippen LogP contribution is -2.42. The molecule has 0 radical (unpaired) electrons. The Hall–Kier alpha value is -1.22. The van der Waals surface area contributed by atoms with Crippen molar-refractivity contribution in [3.05, 3.63) is 34.9 Å². The van der Waals surface area contributed by atoms with Crippen LogP contribution in [0.15, 0.2) is 29.3 Å². The van der Waals surface area contributed by atoms with Crippen molar-refractivity contribution in [1.29, 1.82) is 0 Å². The van der Waals surface area contributed by atoms with Gasteiger partial charge in [-0.1, -0.05) is 36.6 Å². The fourth-order valence-electron chi connectivity index (χ4n) is 2.43. The summed E-state index contributed by atoms with van der Waals surface area (Å²) in [4.78, 5) is 4.27. The Morgan fingerprint density at radius 3 is 2.58 bits per heavy atom. The molecule has 1 saturated carbocycles. The number of rotatable bonds is 4. The third-order valence-electron chi connectivity index (χ3n) is 3.54. The number of aliphatic imine (C=N–C) groups is 1. The zero-order chi connectivity index (χ0) is 13.5. The van der Waals surface area contributed by atoms with Gasteiger partial charge in [0.25, 0.3) is 0 Å². The van der Waals surface area contributed by atoms with E-state index in [-0.39, 0.29) is 0 Å². The first-order valence-electron chi connectivity index (χ1n) is 6.99. The van der Waals surface area contributed by atoms with Crippen molar-refractivity contribution < 1.29 is 0 Å². The number of nitrogens with one attached hydrogen (secondary N) is 2. The van der Waals surface area contributed by atoms with Crippen molar-refractivity contribution in [3.8, 4) is 0 Å². The highest BCUT2D eigenvalue weighted by Gasteiger charge is 2.15. The predicted molar refractivity (Wildman–Crippen MR) is 81.9 cm³/mol. The van der Waals surface area contributed by atoms with Gasteiger partial charge in [0, 0.05) is 24.7 Å². The molecule has 0 spiro atoms. The van der Waals surface area contributed by atoms with Gasteiger partial charge in [-0.3, -0.25) is 4.99 Å². The maximum absolute atomic E-state index is 5.87. The number of halogens is 1. The smallest absolute Gasteiger partial charge is 0.191 e. The second-order valence-corrected chi connectivity index (χ2v) is 5.44. The van der Waals surface area contributed by atoms with E-state index < -0.39 is 0 Å². The maximum atomic E-state index is 5.87. The van der Waals surface area contributed by atoms with Crippen LogP contribution in [-0.4, -0.2) is 25.6 Å². The van der Waals surface area contributed by atoms with Crippen molar-refractivity contribution in [2.75, 3.05) is 13.6 Å². The molecule has 0 heterocycles. The lowest BCUT2D eigenvalue weighted by Gasteiger charge is -2.16. The van der Waals surface area contributed by atoms with E-state index in [1.165, 1.54) is 31.2 Å². The zero-order valence-electron chi connectivity index (χ0n) is 11.5. The molecular formula is C15H22ClN3. The van der Waals surface area contributed by atoms with E-state index in [9.17, 15) is 0 Å². The van der Waals surface area contributed by atoms with Crippen LogP contribution in [0.5, 0.6) is 0 Å². The van der Waals surface area contributed by atoms with Crippen LogP contribution in [0.25, 0.3) is 0 Å². The van der Waals surface area contributed by atoms with Crippen LogP contribution < -0.4 is 10.6 Å². The Morgan fingerprint density at radius 2 is 1.95 bits per heavy atom. The molecule has 19 heavy (non-hydrogen) atoms. The molecular weight excluding hydrogens is 258 g/mol. The summed E-state index contributed by atoms with van der Waals surface area (Å²) in [5.41, 5.74) is 1.29. The highest BCUT2D eigenvalue weighted by atomic mass is 35.5. The van der Waals surface area contributed by atoms with Crippen LogP contribution in [0, 0.1) is 0 Å². The molecule has 1 fully saturated rings. The minimum absolute atomic E-state index is 0.599. The van der Waals surface area contributed by atoms with Gasteiger partial charge in [-0.2, -0.15) is 0 Å². The molecule has 0 aliphatic heterocycles. The molecule has 2 N–H and O–H groups in total. The van der Waals surface area contributed by atoms with Crippen molar-refractivity contribution in [1.82, 2.24) is 10.6 Å². The van der Waals surface area contributed by atoms with E-state index in [1.54, 1.807) is 0 Å². The standard InChI is InChI=1S/C15H22ClN3/c1-17-15(19-14-4-2-3-5-14)18-11-10-12-6-8-13(16)9-7-12/h6-9,14H,2-5,10-11H2,1H3,(H2,17,18,19). The van der Waals surface area contributed by atoms with Crippen LogP contribution >= 0.6 is 11.6 Å². The largest absolute Gasteiger partial charge is 0.356 e. The number of benzene rings is 1. The summed E-state index contributed by atoms with van der Waals surface area (Å²) in [5, 5.41) is 7.63. The summed E-state index contributed by atoms with van der Waals surface area (Å²) >= 11 is 5.87. The number of hydrogen-bond acceptors (Lipinski definition) is 1. The Labute approximate surface area is 120 Å². The summed E-state index contributed by atoms with van der Waals surface area (Å²) in [6, 6.07) is 8.60. The second-order valence-electron chi connectivity index (χ2n) is 5.00. The lowest BCUT2D eigenvalue weighted by atomic mass is 10.1. The van der Waals surface area contributed by atoms with E-state index in [0.29, 0.717) is 6.04 Å². The first-order chi connectivity index (χ1) is 9.28. The first kappa shape index (κ1) is 14.2. The molecule has 3 nitrogen and oxygen atoms in total. The molecule has 0 bridgehead atoms. The quantitative estimate of drug-likeness (QED) is 0.657. The van der Waals surface area contributed by atoms with Gasteiger partial charge in [0.2, 0.25) is 0 Å². The SMILES string of the molecule is CN=C(NCCc1ccc(Cl)cc1)NC1CCCC1. The van der Waals surface area contributed by atoms with Gasteiger partial charge in [-0.25, -0.2) is 0 Å².